The summed E-state index contributed by atoms with van der Waals surface area (Å²) in [6.07, 6.45) is 5.02. The van der Waals surface area contributed by atoms with Crippen LogP contribution in [-0.4, -0.2) is 16.3 Å². The molecule has 108 valence electrons. The van der Waals surface area contributed by atoms with Gasteiger partial charge in [0.25, 0.3) is 0 Å². The van der Waals surface area contributed by atoms with Crippen LogP contribution in [0, 0.1) is 0 Å². The SMILES string of the molecule is Cn1cc(CCNCc2cc(-c3ccccc3)cs2)cn1. The summed E-state index contributed by atoms with van der Waals surface area (Å²) in [5.74, 6) is 0. The van der Waals surface area contributed by atoms with Gasteiger partial charge in [0.05, 0.1) is 6.20 Å². The monoisotopic (exact) mass is 297 g/mol. The van der Waals surface area contributed by atoms with Gasteiger partial charge in [0, 0.05) is 24.7 Å². The number of nitrogens with one attached hydrogen (secondary N) is 1. The van der Waals surface area contributed by atoms with Crippen molar-refractivity contribution in [2.75, 3.05) is 6.54 Å². The fourth-order valence-corrected chi connectivity index (χ4v) is 3.16. The summed E-state index contributed by atoms with van der Waals surface area (Å²) in [4.78, 5) is 1.38. The van der Waals surface area contributed by atoms with E-state index in [1.54, 1.807) is 0 Å². The lowest BCUT2D eigenvalue weighted by molar-refractivity contribution is 0.693. The van der Waals surface area contributed by atoms with E-state index in [1.165, 1.54) is 21.6 Å². The molecule has 0 atom stereocenters. The number of thiophene rings is 1. The second-order valence-electron chi connectivity index (χ2n) is 5.12. The fourth-order valence-electron chi connectivity index (χ4n) is 2.30. The lowest BCUT2D eigenvalue weighted by atomic mass is 10.1. The van der Waals surface area contributed by atoms with Crippen molar-refractivity contribution >= 4 is 11.3 Å². The Kier molecular flexibility index (Phi) is 4.48. The maximum absolute atomic E-state index is 4.18. The minimum atomic E-state index is 0.928. The van der Waals surface area contributed by atoms with Crippen molar-refractivity contribution in [1.29, 1.82) is 0 Å². The van der Waals surface area contributed by atoms with Gasteiger partial charge in [-0.3, -0.25) is 4.68 Å². The Labute approximate surface area is 129 Å². The average Bonchev–Trinajstić information content (AvgIpc) is 3.14. The molecule has 2 heterocycles. The van der Waals surface area contributed by atoms with Crippen LogP contribution in [0.2, 0.25) is 0 Å². The van der Waals surface area contributed by atoms with Crippen LogP contribution in [0.4, 0.5) is 0 Å². The normalized spacial score (nSPS) is 10.9. The van der Waals surface area contributed by atoms with Gasteiger partial charge in [0.15, 0.2) is 0 Å². The van der Waals surface area contributed by atoms with E-state index in [2.05, 4.69) is 58.4 Å². The number of nitrogens with zero attached hydrogens (tertiary/aromatic N) is 2. The minimum Gasteiger partial charge on any atom is -0.312 e. The van der Waals surface area contributed by atoms with Crippen molar-refractivity contribution in [3.05, 3.63) is 64.6 Å². The molecule has 0 amide bonds. The van der Waals surface area contributed by atoms with Crippen molar-refractivity contribution in [2.45, 2.75) is 13.0 Å². The quantitative estimate of drug-likeness (QED) is 0.706. The number of benzene rings is 1. The van der Waals surface area contributed by atoms with Crippen molar-refractivity contribution in [3.8, 4) is 11.1 Å². The summed E-state index contributed by atoms with van der Waals surface area (Å²) in [6, 6.07) is 12.8. The summed E-state index contributed by atoms with van der Waals surface area (Å²) >= 11 is 1.82. The lowest BCUT2D eigenvalue weighted by Gasteiger charge is -2.01. The van der Waals surface area contributed by atoms with Gasteiger partial charge in [-0.2, -0.15) is 5.10 Å². The summed E-state index contributed by atoms with van der Waals surface area (Å²) < 4.78 is 1.85. The summed E-state index contributed by atoms with van der Waals surface area (Å²) in [6.45, 7) is 1.90. The predicted molar refractivity (Wildman–Crippen MR) is 88.4 cm³/mol. The summed E-state index contributed by atoms with van der Waals surface area (Å²) in [5, 5.41) is 9.91. The molecule has 0 saturated carbocycles. The van der Waals surface area contributed by atoms with Gasteiger partial charge in [-0.1, -0.05) is 30.3 Å². The minimum absolute atomic E-state index is 0.928. The first kappa shape index (κ1) is 14.0. The molecule has 1 aromatic carbocycles. The fraction of sp³-hybridized carbons (Fsp3) is 0.235. The molecule has 3 rings (SSSR count). The topological polar surface area (TPSA) is 29.9 Å². The van der Waals surface area contributed by atoms with E-state index < -0.39 is 0 Å². The van der Waals surface area contributed by atoms with E-state index in [0.29, 0.717) is 0 Å². The standard InChI is InChI=1S/C17H19N3S/c1-20-12-14(10-19-20)7-8-18-11-17-9-16(13-21-17)15-5-3-2-4-6-15/h2-6,9-10,12-13,18H,7-8,11H2,1H3. The number of aromatic nitrogens is 2. The Hall–Kier alpha value is -1.91. The molecule has 0 aliphatic carbocycles. The number of rotatable bonds is 6. The molecule has 3 nitrogen and oxygen atoms in total. The van der Waals surface area contributed by atoms with Crippen LogP contribution in [0.5, 0.6) is 0 Å². The first-order valence-corrected chi connectivity index (χ1v) is 8.00. The largest absolute Gasteiger partial charge is 0.312 e. The molecule has 1 N–H and O–H groups in total. The zero-order valence-corrected chi connectivity index (χ0v) is 12.9. The van der Waals surface area contributed by atoms with Gasteiger partial charge < -0.3 is 5.32 Å². The van der Waals surface area contributed by atoms with Gasteiger partial charge in [-0.05, 0) is 41.1 Å². The van der Waals surface area contributed by atoms with E-state index >= 15 is 0 Å². The van der Waals surface area contributed by atoms with E-state index in [0.717, 1.165) is 19.5 Å². The molecule has 0 radical (unpaired) electrons. The van der Waals surface area contributed by atoms with E-state index in [1.807, 2.05) is 29.3 Å². The third-order valence-electron chi connectivity index (χ3n) is 3.41. The molecule has 0 unspecified atom stereocenters. The van der Waals surface area contributed by atoms with Crippen LogP contribution in [0.25, 0.3) is 11.1 Å². The molecule has 21 heavy (non-hydrogen) atoms. The first-order chi connectivity index (χ1) is 10.3. The molecule has 3 aromatic rings. The van der Waals surface area contributed by atoms with E-state index in [4.69, 9.17) is 0 Å². The maximum Gasteiger partial charge on any atom is 0.0522 e. The van der Waals surface area contributed by atoms with Crippen LogP contribution in [0.1, 0.15) is 10.4 Å². The lowest BCUT2D eigenvalue weighted by Crippen LogP contribution is -2.15. The van der Waals surface area contributed by atoms with Gasteiger partial charge in [0.2, 0.25) is 0 Å². The molecule has 0 saturated heterocycles. The van der Waals surface area contributed by atoms with Gasteiger partial charge in [-0.15, -0.1) is 11.3 Å². The van der Waals surface area contributed by atoms with Crippen LogP contribution >= 0.6 is 11.3 Å². The molecular formula is C17H19N3S. The Morgan fingerprint density at radius 3 is 2.81 bits per heavy atom. The van der Waals surface area contributed by atoms with Crippen molar-refractivity contribution in [3.63, 3.8) is 0 Å². The third kappa shape index (κ3) is 3.80. The Morgan fingerprint density at radius 2 is 2.05 bits per heavy atom. The van der Waals surface area contributed by atoms with Crippen molar-refractivity contribution < 1.29 is 0 Å². The van der Waals surface area contributed by atoms with E-state index in [9.17, 15) is 0 Å². The molecule has 0 aliphatic rings. The highest BCUT2D eigenvalue weighted by atomic mass is 32.1. The second-order valence-corrected chi connectivity index (χ2v) is 6.11. The zero-order chi connectivity index (χ0) is 14.5. The molecular weight excluding hydrogens is 278 g/mol. The Balaban J connectivity index is 1.49. The molecule has 0 fully saturated rings. The second kappa shape index (κ2) is 6.70. The molecule has 4 heteroatoms. The predicted octanol–water partition coefficient (Wildman–Crippen LogP) is 3.48. The summed E-state index contributed by atoms with van der Waals surface area (Å²) in [5.41, 5.74) is 3.88. The average molecular weight is 297 g/mol. The van der Waals surface area contributed by atoms with Crippen LogP contribution < -0.4 is 5.32 Å². The van der Waals surface area contributed by atoms with Gasteiger partial charge in [0.1, 0.15) is 0 Å². The third-order valence-corrected chi connectivity index (χ3v) is 4.35. The molecule has 0 spiro atoms. The highest BCUT2D eigenvalue weighted by Gasteiger charge is 2.02. The molecule has 2 aromatic heterocycles. The van der Waals surface area contributed by atoms with Crippen molar-refractivity contribution in [1.82, 2.24) is 15.1 Å². The van der Waals surface area contributed by atoms with Crippen LogP contribution in [0.15, 0.2) is 54.2 Å². The summed E-state index contributed by atoms with van der Waals surface area (Å²) in [7, 11) is 1.95. The van der Waals surface area contributed by atoms with Gasteiger partial charge >= 0.3 is 0 Å². The van der Waals surface area contributed by atoms with Gasteiger partial charge in [-0.25, -0.2) is 0 Å². The van der Waals surface area contributed by atoms with Crippen LogP contribution in [-0.2, 0) is 20.0 Å². The number of hydrogen-bond donors (Lipinski definition) is 1. The zero-order valence-electron chi connectivity index (χ0n) is 12.1. The Morgan fingerprint density at radius 1 is 1.19 bits per heavy atom. The smallest absolute Gasteiger partial charge is 0.0522 e. The molecule has 0 bridgehead atoms. The van der Waals surface area contributed by atoms with Crippen molar-refractivity contribution in [2.24, 2.45) is 7.05 Å². The maximum atomic E-state index is 4.18. The highest BCUT2D eigenvalue weighted by molar-refractivity contribution is 7.10. The first-order valence-electron chi connectivity index (χ1n) is 7.12. The van der Waals surface area contributed by atoms with E-state index in [-0.39, 0.29) is 0 Å². The van der Waals surface area contributed by atoms with Crippen LogP contribution in [0.3, 0.4) is 0 Å². The highest BCUT2D eigenvalue weighted by Crippen LogP contribution is 2.25. The number of aryl methyl sites for hydroxylation is 1. The Bertz CT molecular complexity index is 685. The number of hydrogen-bond acceptors (Lipinski definition) is 3. The molecule has 0 aliphatic heterocycles.